The summed E-state index contributed by atoms with van der Waals surface area (Å²) in [5.74, 6) is -0.683. The summed E-state index contributed by atoms with van der Waals surface area (Å²) in [6.45, 7) is 5.36. The lowest BCUT2D eigenvalue weighted by Crippen LogP contribution is -2.43. The smallest absolute Gasteiger partial charge is 0.324 e. The van der Waals surface area contributed by atoms with Crippen molar-refractivity contribution in [1.29, 1.82) is 0 Å². The van der Waals surface area contributed by atoms with Gasteiger partial charge in [-0.1, -0.05) is 54.1 Å². The Kier molecular flexibility index (Phi) is 8.03. The normalized spacial score (nSPS) is 14.0. The van der Waals surface area contributed by atoms with E-state index < -0.39 is 32.9 Å². The quantitative estimate of drug-likeness (QED) is 0.175. The Balaban J connectivity index is 1.32. The highest BCUT2D eigenvalue weighted by molar-refractivity contribution is 7.89. The lowest BCUT2D eigenvalue weighted by Gasteiger charge is -2.19. The molecule has 0 aromatic heterocycles. The third kappa shape index (κ3) is 6.14. The number of anilines is 3. The average molecular weight is 588 g/mol. The van der Waals surface area contributed by atoms with Gasteiger partial charge in [0.2, 0.25) is 10.0 Å². The van der Waals surface area contributed by atoms with E-state index in [4.69, 9.17) is 4.74 Å². The molecule has 5 rings (SSSR count). The molecule has 0 saturated heterocycles. The van der Waals surface area contributed by atoms with E-state index in [2.05, 4.69) is 15.4 Å². The summed E-state index contributed by atoms with van der Waals surface area (Å²) in [7, 11) is -2.78. The lowest BCUT2D eigenvalue weighted by atomic mass is 10.0. The molecule has 1 aliphatic carbocycles. The van der Waals surface area contributed by atoms with E-state index in [9.17, 15) is 22.8 Å². The number of hydrogen-bond donors (Lipinski definition) is 3. The van der Waals surface area contributed by atoms with Crippen molar-refractivity contribution in [3.63, 3.8) is 0 Å². The number of carbonyl (C=O) groups is 1. The highest BCUT2D eigenvalue weighted by Gasteiger charge is 2.30. The van der Waals surface area contributed by atoms with Crippen LogP contribution < -0.4 is 26.2 Å². The molecule has 0 bridgehead atoms. The van der Waals surface area contributed by atoms with Crippen LogP contribution in [-0.4, -0.2) is 33.6 Å². The number of methoxy groups -OCH3 is 1. The number of esters is 1. The highest BCUT2D eigenvalue weighted by atomic mass is 32.2. The predicted octanol–water partition coefficient (Wildman–Crippen LogP) is 4.26. The molecule has 0 aliphatic heterocycles. The molecule has 1 atom stereocenters. The minimum Gasteiger partial charge on any atom is -0.468 e. The van der Waals surface area contributed by atoms with E-state index in [1.807, 2.05) is 55.5 Å². The molecule has 0 spiro atoms. The minimum absolute atomic E-state index is 0.0960. The van der Waals surface area contributed by atoms with Gasteiger partial charge in [-0.25, -0.2) is 8.42 Å². The fraction of sp³-hybridized carbons (Fsp3) is 0.281. The van der Waals surface area contributed by atoms with Crippen LogP contribution in [0.1, 0.15) is 35.1 Å². The molecule has 0 heterocycles. The van der Waals surface area contributed by atoms with Crippen LogP contribution in [0, 0.1) is 20.8 Å². The third-order valence-electron chi connectivity index (χ3n) is 7.35. The molecule has 3 N–H and O–H groups in total. The fourth-order valence-corrected chi connectivity index (χ4v) is 6.86. The maximum Gasteiger partial charge on any atom is 0.324 e. The summed E-state index contributed by atoms with van der Waals surface area (Å²) in [6, 6.07) is 17.6. The second-order valence-electron chi connectivity index (χ2n) is 10.9. The second-order valence-corrected chi connectivity index (χ2v) is 12.5. The van der Waals surface area contributed by atoms with Crippen molar-refractivity contribution >= 4 is 33.1 Å². The van der Waals surface area contributed by atoms with Gasteiger partial charge in [0.1, 0.15) is 17.4 Å². The standard InChI is InChI=1S/C32H33N3O6S/c1-18-14-19(2)31(20(3)15-18)42(39,40)35-26(32(38)41-4)16-21-8-10-22(11-9-21)23-6-5-7-25(17-23)34-28-27(29(36)30(28)37)33-24-12-13-24/h5-11,14-15,17,24,26,33-35H,12-13,16H2,1-4H3. The van der Waals surface area contributed by atoms with Crippen molar-refractivity contribution in [3.8, 4) is 11.1 Å². The molecule has 0 amide bonds. The number of nitrogens with one attached hydrogen (secondary N) is 3. The van der Waals surface area contributed by atoms with E-state index in [-0.39, 0.29) is 23.0 Å². The first kappa shape index (κ1) is 29.2. The zero-order valence-electron chi connectivity index (χ0n) is 23.9. The molecule has 4 aromatic carbocycles. The molecular weight excluding hydrogens is 554 g/mol. The molecule has 0 radical (unpaired) electrons. The number of sulfonamides is 1. The van der Waals surface area contributed by atoms with Crippen LogP contribution in [0.3, 0.4) is 0 Å². The van der Waals surface area contributed by atoms with E-state index in [0.717, 1.165) is 35.1 Å². The van der Waals surface area contributed by atoms with E-state index >= 15 is 0 Å². The van der Waals surface area contributed by atoms with E-state index in [0.29, 0.717) is 22.5 Å². The minimum atomic E-state index is -4.00. The van der Waals surface area contributed by atoms with Crippen LogP contribution in [0.5, 0.6) is 0 Å². The number of hydrogen-bond acceptors (Lipinski definition) is 8. The van der Waals surface area contributed by atoms with Gasteiger partial charge >= 0.3 is 5.97 Å². The van der Waals surface area contributed by atoms with Crippen LogP contribution in [0.15, 0.2) is 75.1 Å². The topological polar surface area (TPSA) is 131 Å². The third-order valence-corrected chi connectivity index (χ3v) is 9.13. The van der Waals surface area contributed by atoms with Crippen LogP contribution in [-0.2, 0) is 26.0 Å². The summed E-state index contributed by atoms with van der Waals surface area (Å²) in [5, 5.41) is 6.21. The summed E-state index contributed by atoms with van der Waals surface area (Å²) in [6.07, 6.45) is 2.07. The van der Waals surface area contributed by atoms with Gasteiger partial charge in [0.25, 0.3) is 10.9 Å². The first-order valence-electron chi connectivity index (χ1n) is 13.7. The average Bonchev–Trinajstić information content (AvgIpc) is 3.78. The molecule has 42 heavy (non-hydrogen) atoms. The highest BCUT2D eigenvalue weighted by Crippen LogP contribution is 2.30. The van der Waals surface area contributed by atoms with Crippen LogP contribution >= 0.6 is 0 Å². The monoisotopic (exact) mass is 587 g/mol. The van der Waals surface area contributed by atoms with Crippen LogP contribution in [0.4, 0.5) is 17.1 Å². The first-order valence-corrected chi connectivity index (χ1v) is 15.2. The Bertz CT molecular complexity index is 1810. The Hall–Kier alpha value is -4.28. The number of ether oxygens (including phenoxy) is 1. The second kappa shape index (κ2) is 11.5. The first-order chi connectivity index (χ1) is 20.0. The molecule has 1 fully saturated rings. The predicted molar refractivity (Wildman–Crippen MR) is 164 cm³/mol. The Morgan fingerprint density at radius 1 is 0.905 bits per heavy atom. The van der Waals surface area contributed by atoms with Gasteiger partial charge in [-0.05, 0) is 80.0 Å². The summed E-state index contributed by atoms with van der Waals surface area (Å²) < 4.78 is 34.1. The van der Waals surface area contributed by atoms with Crippen LogP contribution in [0.25, 0.3) is 11.1 Å². The number of benzene rings is 3. The van der Waals surface area contributed by atoms with Gasteiger partial charge in [-0.2, -0.15) is 4.72 Å². The Morgan fingerprint density at radius 3 is 2.17 bits per heavy atom. The van der Waals surface area contributed by atoms with Gasteiger partial charge < -0.3 is 15.4 Å². The fourth-order valence-electron chi connectivity index (χ4n) is 5.22. The van der Waals surface area contributed by atoms with E-state index in [1.165, 1.54) is 7.11 Å². The maximum absolute atomic E-state index is 13.3. The molecule has 1 aliphatic rings. The maximum atomic E-state index is 13.3. The summed E-state index contributed by atoms with van der Waals surface area (Å²) in [4.78, 5) is 36.9. The van der Waals surface area contributed by atoms with Gasteiger partial charge in [0.15, 0.2) is 0 Å². The van der Waals surface area contributed by atoms with Crippen molar-refractivity contribution in [3.05, 3.63) is 103 Å². The molecule has 9 nitrogen and oxygen atoms in total. The SMILES string of the molecule is COC(=O)C(Cc1ccc(-c2cccc(Nc3c(NC4CC4)c(=O)c3=O)c2)cc1)NS(=O)(=O)c1c(C)cc(C)cc1C. The van der Waals surface area contributed by atoms with Crippen molar-refractivity contribution in [2.24, 2.45) is 0 Å². The molecule has 4 aromatic rings. The van der Waals surface area contributed by atoms with Gasteiger partial charge in [-0.15, -0.1) is 0 Å². The largest absolute Gasteiger partial charge is 0.468 e. The molecule has 218 valence electrons. The van der Waals surface area contributed by atoms with Crippen LogP contribution in [0.2, 0.25) is 0 Å². The molecular formula is C32H33N3O6S. The molecule has 1 unspecified atom stereocenters. The van der Waals surface area contributed by atoms with Gasteiger partial charge in [-0.3, -0.25) is 14.4 Å². The van der Waals surface area contributed by atoms with Crippen molar-refractivity contribution < 1.29 is 17.9 Å². The molecule has 10 heteroatoms. The van der Waals surface area contributed by atoms with Gasteiger partial charge in [0.05, 0.1) is 12.0 Å². The van der Waals surface area contributed by atoms with Crippen molar-refractivity contribution in [2.75, 3.05) is 17.7 Å². The van der Waals surface area contributed by atoms with E-state index in [1.54, 1.807) is 26.0 Å². The van der Waals surface area contributed by atoms with Crippen molar-refractivity contribution in [1.82, 2.24) is 4.72 Å². The zero-order valence-corrected chi connectivity index (χ0v) is 24.7. The summed E-state index contributed by atoms with van der Waals surface area (Å²) >= 11 is 0. The Morgan fingerprint density at radius 2 is 1.55 bits per heavy atom. The number of carbonyl (C=O) groups excluding carboxylic acids is 1. The van der Waals surface area contributed by atoms with Gasteiger partial charge in [0, 0.05) is 11.7 Å². The number of aryl methyl sites for hydroxylation is 3. The lowest BCUT2D eigenvalue weighted by molar-refractivity contribution is -0.142. The Labute approximate surface area is 244 Å². The summed E-state index contributed by atoms with van der Waals surface area (Å²) in [5.41, 5.74) is 4.93. The van der Waals surface area contributed by atoms with Crippen molar-refractivity contribution in [2.45, 2.75) is 57.0 Å². The number of rotatable bonds is 11. The zero-order chi connectivity index (χ0) is 30.2. The molecule has 1 saturated carbocycles.